The number of ether oxygens (including phenoxy) is 1. The monoisotopic (exact) mass is 918 g/mol. The minimum Gasteiger partial charge on any atom is -0.468 e. The summed E-state index contributed by atoms with van der Waals surface area (Å²) >= 11 is 0. The van der Waals surface area contributed by atoms with E-state index in [9.17, 15) is 48.0 Å². The Morgan fingerprint density at radius 3 is 1.42 bits per heavy atom. The summed E-state index contributed by atoms with van der Waals surface area (Å²) in [4.78, 5) is 11.5. The molecule has 4 aromatic carbocycles. The van der Waals surface area contributed by atoms with Gasteiger partial charge in [0.2, 0.25) is 0 Å². The Bertz CT molecular complexity index is 1720. The summed E-state index contributed by atoms with van der Waals surface area (Å²) < 4.78 is 127. The van der Waals surface area contributed by atoms with Crippen molar-refractivity contribution in [3.05, 3.63) is 121 Å². The largest absolute Gasteiger partial charge is 0.534 e. The molecule has 4 rings (SSSR count). The first-order valence-corrected chi connectivity index (χ1v) is 17.4. The van der Waals surface area contributed by atoms with Crippen LogP contribution >= 0.6 is 7.92 Å². The summed E-state index contributed by atoms with van der Waals surface area (Å²) in [5, 5.41) is 4.19. The van der Waals surface area contributed by atoms with E-state index in [0.717, 1.165) is 36.1 Å². The Labute approximate surface area is 289 Å². The Morgan fingerprint density at radius 1 is 0.688 bits per heavy atom. The summed E-state index contributed by atoms with van der Waals surface area (Å²) in [6.45, 7) is 0. The van der Waals surface area contributed by atoms with Crippen LogP contribution in [0.3, 0.4) is 0 Å². The van der Waals surface area contributed by atoms with Gasteiger partial charge in [-0.1, -0.05) is 103 Å². The van der Waals surface area contributed by atoms with Crippen molar-refractivity contribution in [1.29, 1.82) is 0 Å². The Kier molecular flexibility index (Phi) is 14.9. The van der Waals surface area contributed by atoms with E-state index in [2.05, 4.69) is 99.9 Å². The number of carbonyl (C=O) groups excluding carboxylic acids is 1. The number of esters is 1. The van der Waals surface area contributed by atoms with Crippen LogP contribution in [0.15, 0.2) is 115 Å². The maximum Gasteiger partial charge on any atom is 0.534 e. The van der Waals surface area contributed by atoms with Crippen molar-refractivity contribution in [3.8, 4) is 5.75 Å². The molecule has 0 heterocycles. The Balaban J connectivity index is 0.000000347. The van der Waals surface area contributed by atoms with Crippen LogP contribution in [0, 0.1) is 0 Å². The smallest absolute Gasteiger partial charge is 0.468 e. The summed E-state index contributed by atoms with van der Waals surface area (Å²) in [6, 6.07) is 33.6. The van der Waals surface area contributed by atoms with E-state index in [1.807, 2.05) is 0 Å². The number of nitrogens with one attached hydrogen (secondary N) is 1. The quantitative estimate of drug-likeness (QED) is 0.0603. The van der Waals surface area contributed by atoms with Gasteiger partial charge < -0.3 is 8.92 Å². The summed E-state index contributed by atoms with van der Waals surface area (Å²) in [6.07, 6.45) is -0.686. The van der Waals surface area contributed by atoms with Gasteiger partial charge in [0.1, 0.15) is 11.8 Å². The van der Waals surface area contributed by atoms with E-state index in [1.54, 1.807) is 0 Å². The number of hydrogen-bond acceptors (Lipinski definition) is 7. The molecule has 0 saturated heterocycles. The normalized spacial score (nSPS) is 12.6. The van der Waals surface area contributed by atoms with E-state index in [0.29, 0.717) is 0 Å². The van der Waals surface area contributed by atoms with Crippen LogP contribution in [-0.4, -0.2) is 47.0 Å². The molecular weight excluding hydrogens is 892 g/mol. The molecule has 0 amide bonds. The number of hydrogen-bond donors (Lipinski definition) is 1. The molecule has 0 aliphatic rings. The molecule has 0 saturated carbocycles. The molecule has 0 spiro atoms. The molecule has 48 heavy (non-hydrogen) atoms. The van der Waals surface area contributed by atoms with E-state index < -0.39 is 63.3 Å². The van der Waals surface area contributed by atoms with Crippen LogP contribution in [0.1, 0.15) is 5.56 Å². The summed E-state index contributed by atoms with van der Waals surface area (Å²) in [7, 11) is -11.5. The molecule has 0 aliphatic carbocycles. The van der Waals surface area contributed by atoms with Gasteiger partial charge in [-0.15, -0.1) is 0 Å². The second-order valence-electron chi connectivity index (χ2n) is 9.32. The topological polar surface area (TPSA) is 116 Å². The van der Waals surface area contributed by atoms with Crippen LogP contribution in [0.4, 0.5) is 26.3 Å². The van der Waals surface area contributed by atoms with Gasteiger partial charge in [0.25, 0.3) is 0 Å². The van der Waals surface area contributed by atoms with Crippen molar-refractivity contribution < 1.29 is 79.3 Å². The van der Waals surface area contributed by atoms with Crippen LogP contribution in [0.5, 0.6) is 5.75 Å². The molecule has 0 unspecified atom stereocenters. The van der Waals surface area contributed by atoms with Crippen molar-refractivity contribution >= 4 is 49.9 Å². The van der Waals surface area contributed by atoms with E-state index >= 15 is 0 Å². The second kappa shape index (κ2) is 17.4. The van der Waals surface area contributed by atoms with Gasteiger partial charge in [-0.05, 0) is 48.0 Å². The number of alkyl halides is 6. The van der Waals surface area contributed by atoms with Gasteiger partial charge in [-0.3, -0.25) is 4.79 Å². The van der Waals surface area contributed by atoms with Crippen LogP contribution < -0.4 is 24.8 Å². The maximum atomic E-state index is 12.4. The molecule has 1 atom stereocenters. The van der Waals surface area contributed by atoms with Crippen LogP contribution in [0.2, 0.25) is 0 Å². The van der Waals surface area contributed by atoms with Gasteiger partial charge >= 0.3 is 37.1 Å². The zero-order valence-corrected chi connectivity index (χ0v) is 29.1. The van der Waals surface area contributed by atoms with Gasteiger partial charge in [0.05, 0.1) is 7.11 Å². The molecule has 0 aliphatic heterocycles. The van der Waals surface area contributed by atoms with Gasteiger partial charge in [-0.25, -0.2) is 8.42 Å². The first-order chi connectivity index (χ1) is 21.9. The van der Waals surface area contributed by atoms with Gasteiger partial charge in [0, 0.05) is 22.4 Å². The maximum absolute atomic E-state index is 12.4. The third-order valence-electron chi connectivity index (χ3n) is 5.98. The number of carbonyl (C=O) groups is 1. The molecule has 4 aromatic rings. The minimum absolute atomic E-state index is 0. The van der Waals surface area contributed by atoms with Crippen LogP contribution in [-0.2, 0) is 58.5 Å². The first-order valence-electron chi connectivity index (χ1n) is 13.2. The van der Waals surface area contributed by atoms with Crippen molar-refractivity contribution in [2.45, 2.75) is 23.5 Å². The van der Waals surface area contributed by atoms with Crippen molar-refractivity contribution in [1.82, 2.24) is 4.72 Å². The molecule has 263 valence electrons. The van der Waals surface area contributed by atoms with Gasteiger partial charge in [-0.2, -0.15) is 39.5 Å². The second-order valence-corrected chi connectivity index (χ2v) is 14.8. The zero-order valence-electron chi connectivity index (χ0n) is 24.4. The Morgan fingerprint density at radius 2 is 1.08 bits per heavy atom. The third-order valence-corrected chi connectivity index (χ3v) is 10.6. The molecule has 0 bridgehead atoms. The Hall–Kier alpha value is -3.24. The van der Waals surface area contributed by atoms with Crippen molar-refractivity contribution in [3.63, 3.8) is 0 Å². The molecule has 0 aromatic heterocycles. The predicted molar refractivity (Wildman–Crippen MR) is 165 cm³/mol. The standard InChI is InChI=1S/C18H15P.C12H11F6NO7S2.Au/c1-4-10-16(11-5-1)19(17-12-6-2-7-13-17)18-14-8-3-9-15-18;1-25-10(20)9(19-27(21,22)11(13,14)15)6-7-2-4-8(5-3-7)26-28(23,24)12(16,17)18;/h1-15H;2-5,9,19H,6H2,1H3;/t;9-;/m.0./s1. The molecule has 1 radical (unpaired) electrons. The average Bonchev–Trinajstić information content (AvgIpc) is 3.02. The van der Waals surface area contributed by atoms with E-state index in [4.69, 9.17) is 0 Å². The third kappa shape index (κ3) is 11.4. The average molecular weight is 919 g/mol. The fourth-order valence-corrected chi connectivity index (χ4v) is 7.29. The molecule has 18 heteroatoms. The molecular formula is C30H26AuF6NO7PS2. The number of benzene rings is 4. The van der Waals surface area contributed by atoms with Crippen molar-refractivity contribution in [2.24, 2.45) is 0 Å². The zero-order chi connectivity index (χ0) is 34.9. The van der Waals surface area contributed by atoms with E-state index in [-0.39, 0.29) is 27.9 Å². The summed E-state index contributed by atoms with van der Waals surface area (Å²) in [5.74, 6) is -2.14. The number of methoxy groups -OCH3 is 1. The summed E-state index contributed by atoms with van der Waals surface area (Å²) in [5.41, 5.74) is -11.4. The SMILES string of the molecule is COC(=O)[C@H](Cc1ccc(OS(=O)(=O)C(F)(F)F)cc1)NS(=O)(=O)C(F)(F)F.[Au].c1ccc(P(c2ccccc2)c2ccccc2)cc1. The number of rotatable bonds is 10. The number of halogens is 6. The fraction of sp³-hybridized carbons (Fsp3) is 0.167. The van der Waals surface area contributed by atoms with Crippen LogP contribution in [0.25, 0.3) is 0 Å². The number of sulfonamides is 1. The fourth-order valence-electron chi connectivity index (χ4n) is 3.84. The minimum atomic E-state index is -5.94. The van der Waals surface area contributed by atoms with Crippen molar-refractivity contribution in [2.75, 3.05) is 7.11 Å². The van der Waals surface area contributed by atoms with E-state index in [1.165, 1.54) is 15.9 Å². The molecule has 1 N–H and O–H groups in total. The predicted octanol–water partition coefficient (Wildman–Crippen LogP) is 4.88. The molecule has 8 nitrogen and oxygen atoms in total. The molecule has 0 fully saturated rings. The van der Waals surface area contributed by atoms with Gasteiger partial charge in [0.15, 0.2) is 0 Å². The first kappa shape index (κ1) is 40.9.